The summed E-state index contributed by atoms with van der Waals surface area (Å²) in [6.45, 7) is 3.67. The normalized spacial score (nSPS) is 14.2. The van der Waals surface area contributed by atoms with Gasteiger partial charge in [-0.25, -0.2) is 9.37 Å². The van der Waals surface area contributed by atoms with E-state index in [0.717, 1.165) is 16.4 Å². The van der Waals surface area contributed by atoms with Crippen LogP contribution in [0.15, 0.2) is 18.2 Å². The summed E-state index contributed by atoms with van der Waals surface area (Å²) >= 11 is 1.31. The number of benzene rings is 1. The molecule has 0 aliphatic rings. The first-order valence-electron chi connectivity index (χ1n) is 6.54. The summed E-state index contributed by atoms with van der Waals surface area (Å²) < 4.78 is 17.5. The zero-order valence-corrected chi connectivity index (χ0v) is 12.5. The number of nitrogens with zero attached hydrogens (tertiary/aromatic N) is 2. The van der Waals surface area contributed by atoms with Crippen LogP contribution in [0, 0.1) is 12.7 Å². The topological polar surface area (TPSA) is 77.8 Å². The van der Waals surface area contributed by atoms with E-state index in [1.165, 1.54) is 17.6 Å². The van der Waals surface area contributed by atoms with Crippen LogP contribution in [0.2, 0.25) is 0 Å². The third-order valence-corrected chi connectivity index (χ3v) is 3.89. The van der Waals surface area contributed by atoms with Crippen LogP contribution in [-0.4, -0.2) is 15.4 Å². The summed E-state index contributed by atoms with van der Waals surface area (Å²) in [7, 11) is 0. The summed E-state index contributed by atoms with van der Waals surface area (Å²) in [6.07, 6.45) is 1.27. The molecule has 0 saturated carbocycles. The molecule has 20 heavy (non-hydrogen) atoms. The summed E-state index contributed by atoms with van der Waals surface area (Å²) in [6, 6.07) is 4.91. The maximum atomic E-state index is 13.2. The molecule has 4 N–H and O–H groups in total. The second kappa shape index (κ2) is 6.39. The van der Waals surface area contributed by atoms with Crippen molar-refractivity contribution in [1.82, 2.24) is 9.36 Å². The van der Waals surface area contributed by atoms with Crippen molar-refractivity contribution in [2.45, 2.75) is 38.8 Å². The first-order valence-corrected chi connectivity index (χ1v) is 7.31. The zero-order valence-electron chi connectivity index (χ0n) is 11.6. The maximum Gasteiger partial charge on any atom is 0.147 e. The van der Waals surface area contributed by atoms with Crippen molar-refractivity contribution >= 4 is 11.5 Å². The lowest BCUT2D eigenvalue weighted by Gasteiger charge is -2.09. The Morgan fingerprint density at radius 3 is 2.75 bits per heavy atom. The van der Waals surface area contributed by atoms with E-state index in [-0.39, 0.29) is 17.9 Å². The van der Waals surface area contributed by atoms with Crippen molar-refractivity contribution in [2.75, 3.05) is 0 Å². The van der Waals surface area contributed by atoms with Gasteiger partial charge in [0.15, 0.2) is 0 Å². The Kier molecular flexibility index (Phi) is 4.80. The molecule has 2 aromatic rings. The minimum absolute atomic E-state index is 0.0390. The van der Waals surface area contributed by atoms with Crippen molar-refractivity contribution < 1.29 is 4.39 Å². The van der Waals surface area contributed by atoms with Gasteiger partial charge in [-0.2, -0.15) is 4.37 Å². The molecule has 0 radical (unpaired) electrons. The van der Waals surface area contributed by atoms with Crippen molar-refractivity contribution in [3.05, 3.63) is 46.0 Å². The van der Waals surface area contributed by atoms with Gasteiger partial charge in [-0.05, 0) is 49.0 Å². The molecule has 2 rings (SSSR count). The standard InChI is InChI=1S/C14H19FN4S/c1-8-5-10(3-4-11(8)15)7-13-18-14(20-19-13)12(17)6-9(2)16/h3-5,9,12H,6-7,16-17H2,1-2H3. The molecule has 1 aromatic carbocycles. The average Bonchev–Trinajstić information content (AvgIpc) is 2.82. The monoisotopic (exact) mass is 294 g/mol. The molecule has 0 bridgehead atoms. The summed E-state index contributed by atoms with van der Waals surface area (Å²) in [5, 5.41) is 0.802. The highest BCUT2D eigenvalue weighted by atomic mass is 32.1. The second-order valence-corrected chi connectivity index (χ2v) is 5.91. The highest BCUT2D eigenvalue weighted by molar-refractivity contribution is 7.05. The number of hydrogen-bond donors (Lipinski definition) is 2. The van der Waals surface area contributed by atoms with Gasteiger partial charge in [0.2, 0.25) is 0 Å². The molecule has 0 spiro atoms. The highest BCUT2D eigenvalue weighted by Crippen LogP contribution is 2.19. The lowest BCUT2D eigenvalue weighted by atomic mass is 10.1. The van der Waals surface area contributed by atoms with Crippen molar-refractivity contribution in [1.29, 1.82) is 0 Å². The van der Waals surface area contributed by atoms with Crippen LogP contribution < -0.4 is 11.5 Å². The summed E-state index contributed by atoms with van der Waals surface area (Å²) in [5.74, 6) is 0.524. The summed E-state index contributed by atoms with van der Waals surface area (Å²) in [5.41, 5.74) is 13.4. The van der Waals surface area contributed by atoms with Crippen LogP contribution in [0.1, 0.15) is 41.3 Å². The minimum Gasteiger partial charge on any atom is -0.328 e. The van der Waals surface area contributed by atoms with E-state index in [4.69, 9.17) is 11.5 Å². The molecule has 0 aliphatic carbocycles. The van der Waals surface area contributed by atoms with Gasteiger partial charge in [0.25, 0.3) is 0 Å². The summed E-state index contributed by atoms with van der Waals surface area (Å²) in [4.78, 5) is 4.44. The predicted octanol–water partition coefficient (Wildman–Crippen LogP) is 2.31. The lowest BCUT2D eigenvalue weighted by molar-refractivity contribution is 0.565. The van der Waals surface area contributed by atoms with Gasteiger partial charge in [0.1, 0.15) is 16.6 Å². The Balaban J connectivity index is 2.07. The molecule has 108 valence electrons. The van der Waals surface area contributed by atoms with E-state index in [1.807, 2.05) is 13.0 Å². The number of hydrogen-bond acceptors (Lipinski definition) is 5. The largest absolute Gasteiger partial charge is 0.328 e. The number of rotatable bonds is 5. The van der Waals surface area contributed by atoms with E-state index in [0.29, 0.717) is 18.4 Å². The number of aryl methyl sites for hydroxylation is 1. The van der Waals surface area contributed by atoms with Gasteiger partial charge in [-0.15, -0.1) is 0 Å². The van der Waals surface area contributed by atoms with Crippen molar-refractivity contribution in [3.8, 4) is 0 Å². The van der Waals surface area contributed by atoms with Crippen LogP contribution in [0.5, 0.6) is 0 Å². The van der Waals surface area contributed by atoms with Gasteiger partial charge in [-0.1, -0.05) is 12.1 Å². The van der Waals surface area contributed by atoms with Gasteiger partial charge in [0, 0.05) is 12.5 Å². The molecule has 1 heterocycles. The van der Waals surface area contributed by atoms with E-state index < -0.39 is 0 Å². The van der Waals surface area contributed by atoms with Crippen molar-refractivity contribution in [2.24, 2.45) is 11.5 Å². The predicted molar refractivity (Wildman–Crippen MR) is 79.0 cm³/mol. The molecule has 4 nitrogen and oxygen atoms in total. The molecule has 0 aliphatic heterocycles. The van der Waals surface area contributed by atoms with E-state index >= 15 is 0 Å². The molecule has 6 heteroatoms. The molecular weight excluding hydrogens is 275 g/mol. The smallest absolute Gasteiger partial charge is 0.147 e. The Labute approximate surface area is 122 Å². The minimum atomic E-state index is -0.195. The Morgan fingerprint density at radius 2 is 2.10 bits per heavy atom. The molecule has 2 unspecified atom stereocenters. The number of aromatic nitrogens is 2. The van der Waals surface area contributed by atoms with Gasteiger partial charge in [-0.3, -0.25) is 0 Å². The van der Waals surface area contributed by atoms with Crippen molar-refractivity contribution in [3.63, 3.8) is 0 Å². The molecule has 0 fully saturated rings. The molecular formula is C14H19FN4S. The maximum absolute atomic E-state index is 13.2. The van der Waals surface area contributed by atoms with E-state index in [1.54, 1.807) is 13.0 Å². The quantitative estimate of drug-likeness (QED) is 0.887. The first-order chi connectivity index (χ1) is 9.45. The van der Waals surface area contributed by atoms with E-state index in [2.05, 4.69) is 9.36 Å². The molecule has 0 amide bonds. The van der Waals surface area contributed by atoms with Crippen LogP contribution in [0.4, 0.5) is 4.39 Å². The number of halogens is 1. The van der Waals surface area contributed by atoms with Crippen LogP contribution in [-0.2, 0) is 6.42 Å². The molecule has 0 saturated heterocycles. The fourth-order valence-corrected chi connectivity index (χ4v) is 2.67. The first kappa shape index (κ1) is 15.0. The number of nitrogens with two attached hydrogens (primary N) is 2. The Morgan fingerprint density at radius 1 is 1.35 bits per heavy atom. The zero-order chi connectivity index (χ0) is 14.7. The fraction of sp³-hybridized carbons (Fsp3) is 0.429. The Bertz CT molecular complexity index is 582. The third-order valence-electron chi connectivity index (χ3n) is 3.01. The van der Waals surface area contributed by atoms with E-state index in [9.17, 15) is 4.39 Å². The lowest BCUT2D eigenvalue weighted by Crippen LogP contribution is -2.23. The average molecular weight is 294 g/mol. The third kappa shape index (κ3) is 3.82. The van der Waals surface area contributed by atoms with Gasteiger partial charge >= 0.3 is 0 Å². The van der Waals surface area contributed by atoms with Crippen LogP contribution in [0.25, 0.3) is 0 Å². The highest BCUT2D eigenvalue weighted by Gasteiger charge is 2.14. The Hall–Kier alpha value is -1.37. The van der Waals surface area contributed by atoms with Crippen LogP contribution in [0.3, 0.4) is 0 Å². The molecule has 2 atom stereocenters. The second-order valence-electron chi connectivity index (χ2n) is 5.13. The SMILES string of the molecule is Cc1cc(Cc2nsc(C(N)CC(C)N)n2)ccc1F. The van der Waals surface area contributed by atoms with Gasteiger partial charge in [0.05, 0.1) is 6.04 Å². The van der Waals surface area contributed by atoms with Crippen LogP contribution >= 0.6 is 11.5 Å². The van der Waals surface area contributed by atoms with Gasteiger partial charge < -0.3 is 11.5 Å². The fourth-order valence-electron chi connectivity index (χ4n) is 1.99. The molecule has 1 aromatic heterocycles.